The Bertz CT molecular complexity index is 411. The molecular weight excluding hydrogens is 254 g/mol. The topological polar surface area (TPSA) is 54.6 Å². The molecule has 0 bridgehead atoms. The van der Waals surface area contributed by atoms with Crippen molar-refractivity contribution in [2.24, 2.45) is 5.41 Å². The standard InChI is InChI=1S/C16H25NO3/c1-2-19-15-10-14(16(15)7-3-4-8-16)17-11-12(18)13-6-5-9-20-13/h5-6,9,12,14-15,17-18H,2-4,7-8,10-11H2,1H3/t12-,14+,15+/m0/s1. The molecule has 4 heteroatoms. The molecule has 3 atom stereocenters. The van der Waals surface area contributed by atoms with Gasteiger partial charge >= 0.3 is 0 Å². The Kier molecular flexibility index (Phi) is 4.15. The molecule has 1 aromatic heterocycles. The fourth-order valence-corrected chi connectivity index (χ4v) is 4.01. The number of hydrogen-bond donors (Lipinski definition) is 2. The average Bonchev–Trinajstić information content (AvgIpc) is 3.13. The first-order valence-corrected chi connectivity index (χ1v) is 7.82. The van der Waals surface area contributed by atoms with E-state index in [1.165, 1.54) is 25.7 Å². The summed E-state index contributed by atoms with van der Waals surface area (Å²) >= 11 is 0. The minimum absolute atomic E-state index is 0.318. The lowest BCUT2D eigenvalue weighted by Crippen LogP contribution is -2.63. The summed E-state index contributed by atoms with van der Waals surface area (Å²) in [7, 11) is 0. The molecule has 20 heavy (non-hydrogen) atoms. The van der Waals surface area contributed by atoms with Gasteiger partial charge in [-0.25, -0.2) is 0 Å². The van der Waals surface area contributed by atoms with Crippen LogP contribution in [0.4, 0.5) is 0 Å². The molecule has 2 N–H and O–H groups in total. The van der Waals surface area contributed by atoms with Crippen molar-refractivity contribution < 1.29 is 14.3 Å². The molecule has 2 fully saturated rings. The Labute approximate surface area is 120 Å². The third kappa shape index (κ3) is 2.41. The first kappa shape index (κ1) is 14.1. The van der Waals surface area contributed by atoms with E-state index in [9.17, 15) is 5.11 Å². The molecule has 0 aromatic carbocycles. The van der Waals surface area contributed by atoms with Gasteiger partial charge in [0.1, 0.15) is 11.9 Å². The third-order valence-corrected chi connectivity index (χ3v) is 5.12. The van der Waals surface area contributed by atoms with Crippen molar-refractivity contribution in [1.29, 1.82) is 0 Å². The van der Waals surface area contributed by atoms with Crippen LogP contribution in [0.15, 0.2) is 22.8 Å². The van der Waals surface area contributed by atoms with Crippen LogP contribution in [0.5, 0.6) is 0 Å². The molecule has 0 amide bonds. The molecule has 3 rings (SSSR count). The van der Waals surface area contributed by atoms with Gasteiger partial charge in [0.05, 0.1) is 12.4 Å². The summed E-state index contributed by atoms with van der Waals surface area (Å²) in [5.41, 5.74) is 0.318. The highest BCUT2D eigenvalue weighted by Gasteiger charge is 2.56. The second-order valence-electron chi connectivity index (χ2n) is 6.11. The lowest BCUT2D eigenvalue weighted by Gasteiger charge is -2.54. The molecule has 2 aliphatic rings. The van der Waals surface area contributed by atoms with Gasteiger partial charge in [0.2, 0.25) is 0 Å². The van der Waals surface area contributed by atoms with Crippen LogP contribution in [0.2, 0.25) is 0 Å². The summed E-state index contributed by atoms with van der Waals surface area (Å²) in [4.78, 5) is 0. The number of rotatable bonds is 6. The van der Waals surface area contributed by atoms with Crippen LogP contribution in [-0.2, 0) is 4.74 Å². The molecule has 1 heterocycles. The molecular formula is C16H25NO3. The lowest BCUT2D eigenvalue weighted by molar-refractivity contribution is -0.131. The molecule has 112 valence electrons. The Morgan fingerprint density at radius 2 is 2.30 bits per heavy atom. The molecule has 0 aliphatic heterocycles. The van der Waals surface area contributed by atoms with Crippen molar-refractivity contribution in [3.63, 3.8) is 0 Å². The van der Waals surface area contributed by atoms with Crippen molar-refractivity contribution >= 4 is 0 Å². The van der Waals surface area contributed by atoms with Crippen LogP contribution in [0.1, 0.15) is 50.9 Å². The molecule has 1 aromatic rings. The van der Waals surface area contributed by atoms with E-state index in [0.717, 1.165) is 13.0 Å². The van der Waals surface area contributed by atoms with E-state index in [-0.39, 0.29) is 0 Å². The van der Waals surface area contributed by atoms with E-state index in [1.807, 2.05) is 12.1 Å². The van der Waals surface area contributed by atoms with E-state index >= 15 is 0 Å². The van der Waals surface area contributed by atoms with Crippen molar-refractivity contribution in [2.75, 3.05) is 13.2 Å². The van der Waals surface area contributed by atoms with Crippen LogP contribution in [0.25, 0.3) is 0 Å². The highest BCUT2D eigenvalue weighted by atomic mass is 16.5. The quantitative estimate of drug-likeness (QED) is 0.840. The van der Waals surface area contributed by atoms with E-state index in [0.29, 0.717) is 29.9 Å². The Morgan fingerprint density at radius 3 is 2.95 bits per heavy atom. The minimum atomic E-state index is -0.561. The van der Waals surface area contributed by atoms with Crippen LogP contribution in [0.3, 0.4) is 0 Å². The zero-order chi connectivity index (χ0) is 14.0. The number of furan rings is 1. The number of ether oxygens (including phenoxy) is 1. The van der Waals surface area contributed by atoms with Gasteiger partial charge in [-0.15, -0.1) is 0 Å². The zero-order valence-electron chi connectivity index (χ0n) is 12.2. The highest BCUT2D eigenvalue weighted by Crippen LogP contribution is 2.54. The zero-order valence-corrected chi connectivity index (χ0v) is 12.2. The molecule has 2 aliphatic carbocycles. The summed E-state index contributed by atoms with van der Waals surface area (Å²) in [6, 6.07) is 4.11. The van der Waals surface area contributed by atoms with Gasteiger partial charge in [-0.3, -0.25) is 0 Å². The summed E-state index contributed by atoms with van der Waals surface area (Å²) in [5.74, 6) is 0.638. The maximum Gasteiger partial charge on any atom is 0.133 e. The largest absolute Gasteiger partial charge is 0.467 e. The average molecular weight is 279 g/mol. The van der Waals surface area contributed by atoms with Crippen LogP contribution in [-0.4, -0.2) is 30.4 Å². The normalized spacial score (nSPS) is 29.5. The fourth-order valence-electron chi connectivity index (χ4n) is 4.01. The number of nitrogens with one attached hydrogen (secondary N) is 1. The van der Waals surface area contributed by atoms with Crippen LogP contribution >= 0.6 is 0 Å². The van der Waals surface area contributed by atoms with E-state index in [1.54, 1.807) is 6.26 Å². The minimum Gasteiger partial charge on any atom is -0.467 e. The maximum absolute atomic E-state index is 10.1. The molecule has 1 spiro atoms. The van der Waals surface area contributed by atoms with Gasteiger partial charge in [-0.2, -0.15) is 0 Å². The molecule has 2 saturated carbocycles. The van der Waals surface area contributed by atoms with Gasteiger partial charge < -0.3 is 19.6 Å². The Balaban J connectivity index is 1.55. The predicted octanol–water partition coefficient (Wildman–Crippen LogP) is 2.64. The maximum atomic E-state index is 10.1. The number of aliphatic hydroxyl groups excluding tert-OH is 1. The second-order valence-corrected chi connectivity index (χ2v) is 6.11. The molecule has 0 unspecified atom stereocenters. The Hall–Kier alpha value is -0.840. The van der Waals surface area contributed by atoms with Gasteiger partial charge in [0.15, 0.2) is 0 Å². The predicted molar refractivity (Wildman–Crippen MR) is 76.4 cm³/mol. The van der Waals surface area contributed by atoms with Crippen molar-refractivity contribution in [1.82, 2.24) is 5.32 Å². The van der Waals surface area contributed by atoms with Gasteiger partial charge in [-0.1, -0.05) is 12.8 Å². The SMILES string of the molecule is CCO[C@@H]1C[C@@H](NC[C@H](O)c2ccco2)C12CCCC2. The molecule has 4 nitrogen and oxygen atoms in total. The van der Waals surface area contributed by atoms with Crippen molar-refractivity contribution in [2.45, 2.75) is 57.3 Å². The first-order chi connectivity index (χ1) is 9.76. The Morgan fingerprint density at radius 1 is 1.50 bits per heavy atom. The fraction of sp³-hybridized carbons (Fsp3) is 0.750. The van der Waals surface area contributed by atoms with E-state index in [2.05, 4.69) is 12.2 Å². The first-order valence-electron chi connectivity index (χ1n) is 7.82. The molecule has 0 radical (unpaired) electrons. The number of hydrogen-bond acceptors (Lipinski definition) is 4. The summed E-state index contributed by atoms with van der Waals surface area (Å²) < 4.78 is 11.1. The highest BCUT2D eigenvalue weighted by molar-refractivity contribution is 5.11. The monoisotopic (exact) mass is 279 g/mol. The summed E-state index contributed by atoms with van der Waals surface area (Å²) in [6.45, 7) is 3.43. The van der Waals surface area contributed by atoms with Crippen LogP contribution < -0.4 is 5.32 Å². The summed E-state index contributed by atoms with van der Waals surface area (Å²) in [5, 5.41) is 13.6. The van der Waals surface area contributed by atoms with E-state index < -0.39 is 6.10 Å². The number of aliphatic hydroxyl groups is 1. The van der Waals surface area contributed by atoms with Crippen LogP contribution in [0, 0.1) is 5.41 Å². The second kappa shape index (κ2) is 5.88. The lowest BCUT2D eigenvalue weighted by atomic mass is 9.60. The van der Waals surface area contributed by atoms with Crippen molar-refractivity contribution in [3.8, 4) is 0 Å². The van der Waals surface area contributed by atoms with Gasteiger partial charge in [0.25, 0.3) is 0 Å². The van der Waals surface area contributed by atoms with Gasteiger partial charge in [-0.05, 0) is 38.3 Å². The van der Waals surface area contributed by atoms with E-state index in [4.69, 9.17) is 9.15 Å². The molecule has 0 saturated heterocycles. The van der Waals surface area contributed by atoms with Crippen molar-refractivity contribution in [3.05, 3.63) is 24.2 Å². The third-order valence-electron chi connectivity index (χ3n) is 5.12. The van der Waals surface area contributed by atoms with Gasteiger partial charge in [0, 0.05) is 24.6 Å². The smallest absolute Gasteiger partial charge is 0.133 e. The summed E-state index contributed by atoms with van der Waals surface area (Å²) in [6.07, 6.45) is 7.65.